The van der Waals surface area contributed by atoms with E-state index in [0.29, 0.717) is 12.2 Å². The van der Waals surface area contributed by atoms with E-state index in [0.717, 1.165) is 18.9 Å². The topological polar surface area (TPSA) is 89.9 Å². The van der Waals surface area contributed by atoms with Gasteiger partial charge in [0.25, 0.3) is 0 Å². The molecule has 0 amide bonds. The molecule has 6 nitrogen and oxygen atoms in total. The lowest BCUT2D eigenvalue weighted by Crippen LogP contribution is -2.29. The van der Waals surface area contributed by atoms with Gasteiger partial charge in [0.05, 0.1) is 19.1 Å². The van der Waals surface area contributed by atoms with Crippen LogP contribution in [-0.4, -0.2) is 36.7 Å². The largest absolute Gasteiger partial charge is 0.481 e. The second-order valence-electron chi connectivity index (χ2n) is 5.17. The molecule has 1 aliphatic rings. The second-order valence-corrected chi connectivity index (χ2v) is 5.17. The smallest absolute Gasteiger partial charge is 0.334 e. The Morgan fingerprint density at radius 2 is 2.09 bits per heavy atom. The minimum absolute atomic E-state index is 0.184. The number of unbranched alkanes of at least 4 members (excludes halogenated alkanes) is 1. The number of aliphatic carboxylic acids is 1. The third kappa shape index (κ3) is 7.44. The van der Waals surface area contributed by atoms with Gasteiger partial charge in [0.15, 0.2) is 0 Å². The van der Waals surface area contributed by atoms with E-state index < -0.39 is 23.3 Å². The summed E-state index contributed by atoms with van der Waals surface area (Å²) in [5, 5.41) is 9.08. The fraction of sp³-hybridized carbons (Fsp3) is 0.471. The van der Waals surface area contributed by atoms with Crippen LogP contribution in [0.5, 0.6) is 0 Å². The zero-order valence-corrected chi connectivity index (χ0v) is 13.8. The van der Waals surface area contributed by atoms with Gasteiger partial charge in [-0.25, -0.2) is 9.59 Å². The Kier molecular flexibility index (Phi) is 9.30. The van der Waals surface area contributed by atoms with Crippen molar-refractivity contribution in [2.24, 2.45) is 5.41 Å². The lowest BCUT2D eigenvalue weighted by atomic mass is 9.80. The fourth-order valence-electron chi connectivity index (χ4n) is 1.66. The van der Waals surface area contributed by atoms with Crippen LogP contribution in [0.15, 0.2) is 36.5 Å². The molecule has 1 N–H and O–H groups in total. The normalized spacial score (nSPS) is 18.8. The van der Waals surface area contributed by atoms with Crippen LogP contribution in [-0.2, 0) is 23.9 Å². The molecule has 0 fully saturated rings. The summed E-state index contributed by atoms with van der Waals surface area (Å²) in [6.45, 7) is 7.15. The highest BCUT2D eigenvalue weighted by Gasteiger charge is 2.34. The summed E-state index contributed by atoms with van der Waals surface area (Å²) >= 11 is 0. The van der Waals surface area contributed by atoms with Gasteiger partial charge in [-0.05, 0) is 19.8 Å². The molecule has 1 atom stereocenters. The maximum atomic E-state index is 11.7. The van der Waals surface area contributed by atoms with E-state index in [2.05, 4.69) is 11.3 Å². The van der Waals surface area contributed by atoms with Gasteiger partial charge in [-0.15, -0.1) is 0 Å². The standard InChI is InChI=1S/C13H18O4.C4H6O2/c1-3-4-8-17-11(14)10-6-5-7-13(2,9-10)12(15)16;1-3-4(5)6-2/h5-7H,3-4,8-9H2,1-2H3,(H,15,16);3H,1H2,2H3. The van der Waals surface area contributed by atoms with Crippen molar-refractivity contribution in [2.45, 2.75) is 33.1 Å². The van der Waals surface area contributed by atoms with Gasteiger partial charge in [-0.3, -0.25) is 4.79 Å². The number of rotatable bonds is 6. The summed E-state index contributed by atoms with van der Waals surface area (Å²) in [5.74, 6) is -1.73. The molecule has 23 heavy (non-hydrogen) atoms. The van der Waals surface area contributed by atoms with Crippen LogP contribution in [0.25, 0.3) is 0 Å². The monoisotopic (exact) mass is 324 g/mol. The fourth-order valence-corrected chi connectivity index (χ4v) is 1.66. The second kappa shape index (κ2) is 10.4. The first kappa shape index (κ1) is 20.6. The van der Waals surface area contributed by atoms with E-state index in [1.165, 1.54) is 7.11 Å². The number of methoxy groups -OCH3 is 1. The highest BCUT2D eigenvalue weighted by molar-refractivity contribution is 5.91. The molecule has 0 aromatic carbocycles. The molecule has 128 valence electrons. The summed E-state index contributed by atoms with van der Waals surface area (Å²) in [5.41, 5.74) is -0.582. The van der Waals surface area contributed by atoms with E-state index in [1.807, 2.05) is 6.92 Å². The van der Waals surface area contributed by atoms with Crippen molar-refractivity contribution in [3.8, 4) is 0 Å². The number of carboxylic acid groups (broad SMARTS) is 1. The van der Waals surface area contributed by atoms with Gasteiger partial charge >= 0.3 is 17.9 Å². The van der Waals surface area contributed by atoms with Crippen LogP contribution in [0.2, 0.25) is 0 Å². The molecule has 0 aromatic rings. The molecule has 0 aromatic heterocycles. The van der Waals surface area contributed by atoms with Crippen molar-refractivity contribution in [2.75, 3.05) is 13.7 Å². The number of esters is 2. The predicted octanol–water partition coefficient (Wildman–Crippen LogP) is 2.65. The van der Waals surface area contributed by atoms with E-state index in [-0.39, 0.29) is 6.42 Å². The number of carbonyl (C=O) groups is 3. The number of ether oxygens (including phenoxy) is 2. The zero-order chi connectivity index (χ0) is 17.9. The molecule has 1 unspecified atom stereocenters. The minimum atomic E-state index is -1.01. The Bertz CT molecular complexity index is 503. The maximum Gasteiger partial charge on any atom is 0.334 e. The molecular formula is C17H24O6. The van der Waals surface area contributed by atoms with Crippen molar-refractivity contribution in [3.05, 3.63) is 36.5 Å². The van der Waals surface area contributed by atoms with Crippen LogP contribution in [0, 0.1) is 5.41 Å². The summed E-state index contributed by atoms with van der Waals surface area (Å²) < 4.78 is 9.20. The molecule has 0 bridgehead atoms. The first-order valence-corrected chi connectivity index (χ1v) is 7.30. The molecule has 1 rings (SSSR count). The lowest BCUT2D eigenvalue weighted by molar-refractivity contribution is -0.145. The molecule has 0 radical (unpaired) electrons. The predicted molar refractivity (Wildman–Crippen MR) is 85.7 cm³/mol. The van der Waals surface area contributed by atoms with Crippen LogP contribution in [0.3, 0.4) is 0 Å². The molecular weight excluding hydrogens is 300 g/mol. The molecule has 0 spiro atoms. The number of carboxylic acids is 1. The van der Waals surface area contributed by atoms with E-state index >= 15 is 0 Å². The highest BCUT2D eigenvalue weighted by Crippen LogP contribution is 2.31. The highest BCUT2D eigenvalue weighted by atomic mass is 16.5. The van der Waals surface area contributed by atoms with Gasteiger partial charge in [0, 0.05) is 11.6 Å². The minimum Gasteiger partial charge on any atom is -0.481 e. The molecule has 0 heterocycles. The van der Waals surface area contributed by atoms with Gasteiger partial charge in [0.2, 0.25) is 0 Å². The Morgan fingerprint density at radius 3 is 2.52 bits per heavy atom. The Hall–Kier alpha value is -2.37. The average molecular weight is 324 g/mol. The molecule has 0 aliphatic heterocycles. The quantitative estimate of drug-likeness (QED) is 0.459. The number of allylic oxidation sites excluding steroid dienone is 2. The molecule has 1 aliphatic carbocycles. The van der Waals surface area contributed by atoms with Crippen LogP contribution < -0.4 is 0 Å². The number of carbonyl (C=O) groups excluding carboxylic acids is 2. The summed E-state index contributed by atoms with van der Waals surface area (Å²) in [4.78, 5) is 32.6. The van der Waals surface area contributed by atoms with E-state index in [1.54, 1.807) is 25.2 Å². The van der Waals surface area contributed by atoms with Crippen molar-refractivity contribution in [1.29, 1.82) is 0 Å². The van der Waals surface area contributed by atoms with Crippen LogP contribution >= 0.6 is 0 Å². The summed E-state index contributed by atoms with van der Waals surface area (Å²) in [6.07, 6.45) is 7.90. The van der Waals surface area contributed by atoms with Crippen molar-refractivity contribution < 1.29 is 29.0 Å². The SMILES string of the molecule is C=CC(=O)OC.CCCCOC(=O)C1=CC=CC(C)(C(=O)O)C1. The Balaban J connectivity index is 0.000000688. The molecule has 6 heteroatoms. The van der Waals surface area contributed by atoms with Crippen LogP contribution in [0.1, 0.15) is 33.1 Å². The first-order chi connectivity index (χ1) is 10.8. The third-order valence-electron chi connectivity index (χ3n) is 3.17. The van der Waals surface area contributed by atoms with Crippen molar-refractivity contribution in [1.82, 2.24) is 0 Å². The third-order valence-corrected chi connectivity index (χ3v) is 3.17. The van der Waals surface area contributed by atoms with Gasteiger partial charge in [0.1, 0.15) is 0 Å². The molecule has 0 saturated heterocycles. The number of hydrogen-bond donors (Lipinski definition) is 1. The van der Waals surface area contributed by atoms with Crippen molar-refractivity contribution >= 4 is 17.9 Å². The summed E-state index contributed by atoms with van der Waals surface area (Å²) in [6, 6.07) is 0. The maximum absolute atomic E-state index is 11.7. The van der Waals surface area contributed by atoms with E-state index in [9.17, 15) is 14.4 Å². The zero-order valence-electron chi connectivity index (χ0n) is 13.8. The van der Waals surface area contributed by atoms with Gasteiger partial charge < -0.3 is 14.6 Å². The Labute approximate surface area is 136 Å². The molecule has 0 saturated carbocycles. The first-order valence-electron chi connectivity index (χ1n) is 7.30. The number of hydrogen-bond acceptors (Lipinski definition) is 5. The van der Waals surface area contributed by atoms with E-state index in [4.69, 9.17) is 9.84 Å². The Morgan fingerprint density at radius 1 is 1.43 bits per heavy atom. The lowest BCUT2D eigenvalue weighted by Gasteiger charge is -2.24. The van der Waals surface area contributed by atoms with Gasteiger partial charge in [-0.2, -0.15) is 0 Å². The van der Waals surface area contributed by atoms with Gasteiger partial charge in [-0.1, -0.05) is 38.2 Å². The van der Waals surface area contributed by atoms with Crippen molar-refractivity contribution in [3.63, 3.8) is 0 Å². The summed E-state index contributed by atoms with van der Waals surface area (Å²) in [7, 11) is 1.31. The average Bonchev–Trinajstić information content (AvgIpc) is 2.54. The van der Waals surface area contributed by atoms with Crippen LogP contribution in [0.4, 0.5) is 0 Å².